The Hall–Kier alpha value is -2.31. The Morgan fingerprint density at radius 1 is 1.20 bits per heavy atom. The minimum absolute atomic E-state index is 0.100. The number of nitrogens with two attached hydrogens (primary N) is 1. The zero-order chi connectivity index (χ0) is 14.8. The third kappa shape index (κ3) is 3.17. The molecule has 0 bridgehead atoms. The monoisotopic (exact) mass is 283 g/mol. The molecule has 0 atom stereocenters. The van der Waals surface area contributed by atoms with E-state index in [-0.39, 0.29) is 17.3 Å². The third-order valence-electron chi connectivity index (χ3n) is 2.61. The van der Waals surface area contributed by atoms with Gasteiger partial charge in [-0.1, -0.05) is 6.92 Å². The maximum atomic E-state index is 12.5. The fourth-order valence-electron chi connectivity index (χ4n) is 1.56. The van der Waals surface area contributed by atoms with Gasteiger partial charge in [0.25, 0.3) is 0 Å². The lowest BCUT2D eigenvalue weighted by Crippen LogP contribution is -2.06. The predicted octanol–water partition coefficient (Wildman–Crippen LogP) is 3.43. The van der Waals surface area contributed by atoms with Crippen molar-refractivity contribution in [1.29, 1.82) is 0 Å². The van der Waals surface area contributed by atoms with Crippen LogP contribution in [0.15, 0.2) is 30.6 Å². The summed E-state index contributed by atoms with van der Waals surface area (Å²) >= 11 is 0. The van der Waals surface area contributed by atoms with E-state index in [0.717, 1.165) is 17.8 Å². The van der Waals surface area contributed by atoms with Gasteiger partial charge < -0.3 is 10.5 Å². The molecule has 0 saturated carbocycles. The number of alkyl halides is 3. The van der Waals surface area contributed by atoms with Crippen LogP contribution in [0.2, 0.25) is 0 Å². The first-order valence-corrected chi connectivity index (χ1v) is 5.85. The van der Waals surface area contributed by atoms with Crippen molar-refractivity contribution < 1.29 is 17.9 Å². The van der Waals surface area contributed by atoms with E-state index in [4.69, 9.17) is 10.5 Å². The van der Waals surface area contributed by atoms with Crippen molar-refractivity contribution in [3.63, 3.8) is 0 Å². The van der Waals surface area contributed by atoms with Crippen molar-refractivity contribution >= 4 is 5.69 Å². The fourth-order valence-corrected chi connectivity index (χ4v) is 1.56. The lowest BCUT2D eigenvalue weighted by Gasteiger charge is -2.11. The minimum Gasteiger partial charge on any atom is -0.437 e. The number of aryl methyl sites for hydroxylation is 1. The van der Waals surface area contributed by atoms with Gasteiger partial charge in [-0.2, -0.15) is 13.2 Å². The molecule has 0 aliphatic heterocycles. The van der Waals surface area contributed by atoms with Gasteiger partial charge in [0.05, 0.1) is 11.3 Å². The Labute approximate surface area is 113 Å². The van der Waals surface area contributed by atoms with Crippen LogP contribution in [0.4, 0.5) is 18.9 Å². The van der Waals surface area contributed by atoms with Crippen LogP contribution in [0.5, 0.6) is 11.6 Å². The second-order valence-corrected chi connectivity index (χ2v) is 4.05. The van der Waals surface area contributed by atoms with Gasteiger partial charge >= 0.3 is 6.18 Å². The van der Waals surface area contributed by atoms with Gasteiger partial charge in [0, 0.05) is 11.8 Å². The summed E-state index contributed by atoms with van der Waals surface area (Å²) in [7, 11) is 0. The average molecular weight is 283 g/mol. The van der Waals surface area contributed by atoms with Gasteiger partial charge in [0.15, 0.2) is 5.75 Å². The molecule has 2 N–H and O–H groups in total. The second-order valence-electron chi connectivity index (χ2n) is 4.05. The van der Waals surface area contributed by atoms with Gasteiger partial charge in [-0.15, -0.1) is 0 Å². The molecule has 0 unspecified atom stereocenters. The van der Waals surface area contributed by atoms with Crippen molar-refractivity contribution in [2.75, 3.05) is 5.73 Å². The normalized spacial score (nSPS) is 11.4. The number of rotatable bonds is 3. The van der Waals surface area contributed by atoms with E-state index in [2.05, 4.69) is 9.97 Å². The summed E-state index contributed by atoms with van der Waals surface area (Å²) in [4.78, 5) is 7.88. The molecule has 4 nitrogen and oxygen atoms in total. The van der Waals surface area contributed by atoms with E-state index in [9.17, 15) is 13.2 Å². The first kappa shape index (κ1) is 14.1. The first-order chi connectivity index (χ1) is 9.40. The summed E-state index contributed by atoms with van der Waals surface area (Å²) in [5, 5.41) is 0. The highest BCUT2D eigenvalue weighted by Crippen LogP contribution is 2.34. The highest BCUT2D eigenvalue weighted by molar-refractivity contribution is 5.55. The Balaban J connectivity index is 2.25. The summed E-state index contributed by atoms with van der Waals surface area (Å²) in [5.41, 5.74) is 5.41. The summed E-state index contributed by atoms with van der Waals surface area (Å²) in [6.07, 6.45) is -2.41. The van der Waals surface area contributed by atoms with Crippen LogP contribution in [0.3, 0.4) is 0 Å². The van der Waals surface area contributed by atoms with Crippen LogP contribution in [0.25, 0.3) is 0 Å². The summed E-state index contributed by atoms with van der Waals surface area (Å²) in [6, 6.07) is 4.52. The zero-order valence-corrected chi connectivity index (χ0v) is 10.6. The van der Waals surface area contributed by atoms with E-state index in [1.54, 1.807) is 6.07 Å². The molecule has 7 heteroatoms. The molecule has 0 fully saturated rings. The maximum Gasteiger partial charge on any atom is 0.416 e. The van der Waals surface area contributed by atoms with Crippen LogP contribution in [-0.2, 0) is 12.6 Å². The number of halogens is 3. The van der Waals surface area contributed by atoms with Crippen LogP contribution >= 0.6 is 0 Å². The summed E-state index contributed by atoms with van der Waals surface area (Å²) in [5.74, 6) is 0.363. The molecular formula is C13H12F3N3O. The highest BCUT2D eigenvalue weighted by atomic mass is 19.4. The number of hydrogen-bond donors (Lipinski definition) is 1. The van der Waals surface area contributed by atoms with Crippen molar-refractivity contribution in [1.82, 2.24) is 9.97 Å². The number of hydrogen-bond acceptors (Lipinski definition) is 4. The maximum absolute atomic E-state index is 12.5. The van der Waals surface area contributed by atoms with E-state index < -0.39 is 11.7 Å². The molecule has 1 aromatic carbocycles. The van der Waals surface area contributed by atoms with Gasteiger partial charge in [-0.3, -0.25) is 0 Å². The summed E-state index contributed by atoms with van der Waals surface area (Å²) < 4.78 is 42.9. The van der Waals surface area contributed by atoms with Gasteiger partial charge in [0.2, 0.25) is 5.88 Å². The number of aromatic nitrogens is 2. The molecule has 2 rings (SSSR count). The Morgan fingerprint density at radius 2 is 1.95 bits per heavy atom. The van der Waals surface area contributed by atoms with Gasteiger partial charge in [-0.05, 0) is 24.6 Å². The number of ether oxygens (including phenoxy) is 1. The van der Waals surface area contributed by atoms with Gasteiger partial charge in [-0.25, -0.2) is 9.97 Å². The molecule has 0 radical (unpaired) electrons. The lowest BCUT2D eigenvalue weighted by molar-refractivity contribution is -0.137. The second kappa shape index (κ2) is 5.36. The fraction of sp³-hybridized carbons (Fsp3) is 0.231. The standard InChI is InChI=1S/C13H12F3N3O/c1-2-9-6-12(19-7-18-9)20-11-4-3-8(5-10(11)17)13(14,15)16/h3-7H,2,17H2,1H3. The number of nitrogens with zero attached hydrogens (tertiary/aromatic N) is 2. The zero-order valence-electron chi connectivity index (χ0n) is 10.6. The first-order valence-electron chi connectivity index (χ1n) is 5.85. The molecule has 106 valence electrons. The SMILES string of the molecule is CCc1cc(Oc2ccc(C(F)(F)F)cc2N)ncn1. The van der Waals surface area contributed by atoms with Crippen molar-refractivity contribution in [3.05, 3.63) is 41.9 Å². The average Bonchev–Trinajstić information content (AvgIpc) is 2.40. The van der Waals surface area contributed by atoms with E-state index in [1.165, 1.54) is 12.4 Å². The minimum atomic E-state index is -4.43. The molecule has 1 aromatic heterocycles. The molecule has 0 spiro atoms. The van der Waals surface area contributed by atoms with E-state index >= 15 is 0 Å². The Morgan fingerprint density at radius 3 is 2.55 bits per heavy atom. The molecule has 0 amide bonds. The van der Waals surface area contributed by atoms with Crippen molar-refractivity contribution in [3.8, 4) is 11.6 Å². The molecule has 20 heavy (non-hydrogen) atoms. The number of benzene rings is 1. The topological polar surface area (TPSA) is 61.0 Å². The molecule has 2 aromatic rings. The van der Waals surface area contributed by atoms with Crippen molar-refractivity contribution in [2.45, 2.75) is 19.5 Å². The molecular weight excluding hydrogens is 271 g/mol. The van der Waals surface area contributed by atoms with Gasteiger partial charge in [0.1, 0.15) is 6.33 Å². The van der Waals surface area contributed by atoms with Crippen LogP contribution in [0, 0.1) is 0 Å². The van der Waals surface area contributed by atoms with Crippen LogP contribution < -0.4 is 10.5 Å². The smallest absolute Gasteiger partial charge is 0.416 e. The highest BCUT2D eigenvalue weighted by Gasteiger charge is 2.31. The van der Waals surface area contributed by atoms with Crippen LogP contribution in [0.1, 0.15) is 18.2 Å². The quantitative estimate of drug-likeness (QED) is 0.877. The van der Waals surface area contributed by atoms with E-state index in [1.807, 2.05) is 6.92 Å². The number of anilines is 1. The van der Waals surface area contributed by atoms with Crippen molar-refractivity contribution in [2.24, 2.45) is 0 Å². The van der Waals surface area contributed by atoms with E-state index in [0.29, 0.717) is 6.42 Å². The Bertz CT molecular complexity index is 614. The molecule has 1 heterocycles. The molecule has 0 saturated heterocycles. The van der Waals surface area contributed by atoms with Crippen LogP contribution in [-0.4, -0.2) is 9.97 Å². The largest absolute Gasteiger partial charge is 0.437 e. The summed E-state index contributed by atoms with van der Waals surface area (Å²) in [6.45, 7) is 1.92. The number of nitrogen functional groups attached to an aromatic ring is 1. The third-order valence-corrected chi connectivity index (χ3v) is 2.61. The molecule has 0 aliphatic rings. The predicted molar refractivity (Wildman–Crippen MR) is 67.3 cm³/mol. The Kier molecular flexibility index (Phi) is 3.78. The molecule has 0 aliphatic carbocycles. The lowest BCUT2D eigenvalue weighted by atomic mass is 10.2.